The fourth-order valence-corrected chi connectivity index (χ4v) is 2.00. The molecule has 0 spiro atoms. The van der Waals surface area contributed by atoms with Gasteiger partial charge < -0.3 is 0 Å². The van der Waals surface area contributed by atoms with E-state index in [-0.39, 0.29) is 11.1 Å². The molecule has 1 unspecified atom stereocenters. The first-order valence-electron chi connectivity index (χ1n) is 5.40. The average Bonchev–Trinajstić information content (AvgIpc) is 2.29. The molecule has 0 saturated carbocycles. The lowest BCUT2D eigenvalue weighted by molar-refractivity contribution is -0.384. The van der Waals surface area contributed by atoms with E-state index in [0.717, 1.165) is 18.4 Å². The molecule has 5 heteroatoms. The van der Waals surface area contributed by atoms with Crippen molar-refractivity contribution in [2.24, 2.45) is 0 Å². The highest BCUT2D eigenvalue weighted by atomic mass is 35.5. The second-order valence-electron chi connectivity index (χ2n) is 3.80. The van der Waals surface area contributed by atoms with Gasteiger partial charge in [-0.25, -0.2) is 0 Å². The van der Waals surface area contributed by atoms with Crippen molar-refractivity contribution in [3.8, 4) is 6.07 Å². The van der Waals surface area contributed by atoms with Crippen molar-refractivity contribution in [2.45, 2.75) is 31.6 Å². The summed E-state index contributed by atoms with van der Waals surface area (Å²) in [6.07, 6.45) is 2.41. The number of nitriles is 1. The first kappa shape index (κ1) is 13.5. The molecule has 1 rings (SSSR count). The normalized spacial score (nSPS) is 11.8. The first-order chi connectivity index (χ1) is 8.08. The highest BCUT2D eigenvalue weighted by Crippen LogP contribution is 2.21. The molecule has 0 aliphatic rings. The zero-order chi connectivity index (χ0) is 12.8. The number of benzene rings is 1. The molecule has 0 heterocycles. The van der Waals surface area contributed by atoms with Gasteiger partial charge in [0.15, 0.2) is 0 Å². The van der Waals surface area contributed by atoms with E-state index in [9.17, 15) is 10.1 Å². The monoisotopic (exact) mass is 252 g/mol. The van der Waals surface area contributed by atoms with E-state index in [1.807, 2.05) is 13.0 Å². The molecule has 0 amide bonds. The molecule has 0 fully saturated rings. The molecule has 0 aliphatic heterocycles. The Bertz CT molecular complexity index is 454. The second-order valence-corrected chi connectivity index (χ2v) is 4.42. The summed E-state index contributed by atoms with van der Waals surface area (Å²) in [5, 5.41) is 19.5. The van der Waals surface area contributed by atoms with Gasteiger partial charge in [0.1, 0.15) is 0 Å². The third-order valence-electron chi connectivity index (χ3n) is 2.47. The topological polar surface area (TPSA) is 66.9 Å². The Labute approximate surface area is 105 Å². The van der Waals surface area contributed by atoms with Crippen molar-refractivity contribution in [1.82, 2.24) is 0 Å². The van der Waals surface area contributed by atoms with Crippen molar-refractivity contribution in [1.29, 1.82) is 5.26 Å². The summed E-state index contributed by atoms with van der Waals surface area (Å²) in [6.45, 7) is 2.04. The van der Waals surface area contributed by atoms with E-state index < -0.39 is 4.92 Å². The van der Waals surface area contributed by atoms with E-state index in [0.29, 0.717) is 12.0 Å². The Hall–Kier alpha value is -1.60. The molecule has 0 aliphatic carbocycles. The molecule has 90 valence electrons. The number of hydrogen-bond donors (Lipinski definition) is 0. The number of hydrogen-bond acceptors (Lipinski definition) is 3. The maximum atomic E-state index is 10.6. The van der Waals surface area contributed by atoms with Crippen molar-refractivity contribution in [3.63, 3.8) is 0 Å². The summed E-state index contributed by atoms with van der Waals surface area (Å²) in [5.41, 5.74) is 1.04. The third-order valence-corrected chi connectivity index (χ3v) is 2.84. The van der Waals surface area contributed by atoms with Gasteiger partial charge in [-0.05, 0) is 18.4 Å². The van der Waals surface area contributed by atoms with Crippen LogP contribution in [-0.2, 0) is 6.42 Å². The largest absolute Gasteiger partial charge is 0.270 e. The lowest BCUT2D eigenvalue weighted by Crippen LogP contribution is -2.04. The van der Waals surface area contributed by atoms with E-state index in [4.69, 9.17) is 16.9 Å². The summed E-state index contributed by atoms with van der Waals surface area (Å²) in [6, 6.07) is 6.29. The Kier molecular flexibility index (Phi) is 4.92. The summed E-state index contributed by atoms with van der Waals surface area (Å²) in [4.78, 5) is 10.1. The predicted octanol–water partition coefficient (Wildman–Crippen LogP) is 3.42. The number of nitro groups is 1. The number of alkyl halides is 1. The zero-order valence-electron chi connectivity index (χ0n) is 9.52. The molecule has 0 aromatic heterocycles. The van der Waals surface area contributed by atoms with E-state index in [2.05, 4.69) is 0 Å². The van der Waals surface area contributed by atoms with Gasteiger partial charge in [-0.15, -0.1) is 11.6 Å². The average molecular weight is 253 g/mol. The third kappa shape index (κ3) is 3.72. The van der Waals surface area contributed by atoms with Gasteiger partial charge in [0.2, 0.25) is 0 Å². The number of halogens is 1. The van der Waals surface area contributed by atoms with Gasteiger partial charge in [-0.3, -0.25) is 10.1 Å². The van der Waals surface area contributed by atoms with Crippen molar-refractivity contribution in [3.05, 3.63) is 39.4 Å². The molecule has 0 bridgehead atoms. The first-order valence-corrected chi connectivity index (χ1v) is 5.83. The van der Waals surface area contributed by atoms with Crippen LogP contribution < -0.4 is 0 Å². The van der Waals surface area contributed by atoms with Crippen LogP contribution >= 0.6 is 11.6 Å². The van der Waals surface area contributed by atoms with Crippen molar-refractivity contribution >= 4 is 17.3 Å². The van der Waals surface area contributed by atoms with Gasteiger partial charge in [-0.2, -0.15) is 5.26 Å². The van der Waals surface area contributed by atoms with Crippen LogP contribution in [0.25, 0.3) is 0 Å². The zero-order valence-corrected chi connectivity index (χ0v) is 10.3. The van der Waals surface area contributed by atoms with E-state index >= 15 is 0 Å². The predicted molar refractivity (Wildman–Crippen MR) is 66.1 cm³/mol. The van der Waals surface area contributed by atoms with Crippen LogP contribution in [0.3, 0.4) is 0 Å². The van der Waals surface area contributed by atoms with E-state index in [1.165, 1.54) is 12.1 Å². The fraction of sp³-hybridized carbons (Fsp3) is 0.417. The number of non-ortho nitro benzene ring substituents is 1. The summed E-state index contributed by atoms with van der Waals surface area (Å²) in [5.74, 6) is 0. The van der Waals surface area contributed by atoms with Gasteiger partial charge in [-0.1, -0.05) is 19.4 Å². The molecule has 1 aromatic rings. The lowest BCUT2D eigenvalue weighted by Gasteiger charge is -2.09. The molecule has 0 saturated heterocycles. The minimum Gasteiger partial charge on any atom is -0.258 e. The highest BCUT2D eigenvalue weighted by molar-refractivity contribution is 6.20. The van der Waals surface area contributed by atoms with Crippen LogP contribution in [0.1, 0.15) is 30.9 Å². The van der Waals surface area contributed by atoms with Gasteiger partial charge in [0, 0.05) is 17.5 Å². The highest BCUT2D eigenvalue weighted by Gasteiger charge is 2.13. The molecule has 0 N–H and O–H groups in total. The molecule has 17 heavy (non-hydrogen) atoms. The van der Waals surface area contributed by atoms with Crippen LogP contribution in [0.2, 0.25) is 0 Å². The maximum absolute atomic E-state index is 10.6. The summed E-state index contributed by atoms with van der Waals surface area (Å²) >= 11 is 6.10. The van der Waals surface area contributed by atoms with Crippen LogP contribution in [0.4, 0.5) is 5.69 Å². The smallest absolute Gasteiger partial charge is 0.258 e. The Morgan fingerprint density at radius 1 is 1.59 bits per heavy atom. The fourth-order valence-electron chi connectivity index (χ4n) is 1.61. The minimum atomic E-state index is -0.505. The molecule has 0 radical (unpaired) electrons. The SMILES string of the molecule is CCCC(Cl)Cc1ccc([N+](=O)[O-])cc1C#N. The summed E-state index contributed by atoms with van der Waals surface area (Å²) < 4.78 is 0. The lowest BCUT2D eigenvalue weighted by atomic mass is 10.0. The van der Waals surface area contributed by atoms with Crippen LogP contribution in [-0.4, -0.2) is 10.3 Å². The van der Waals surface area contributed by atoms with Crippen LogP contribution in [0, 0.1) is 21.4 Å². The quantitative estimate of drug-likeness (QED) is 0.458. The molecule has 1 aromatic carbocycles. The van der Waals surface area contributed by atoms with Crippen LogP contribution in [0.5, 0.6) is 0 Å². The van der Waals surface area contributed by atoms with E-state index in [1.54, 1.807) is 6.07 Å². The standard InChI is InChI=1S/C12H13ClN2O2/c1-2-3-11(13)6-9-4-5-12(15(16)17)7-10(9)8-14/h4-5,7,11H,2-3,6H2,1H3. The summed E-state index contributed by atoms with van der Waals surface area (Å²) in [7, 11) is 0. The van der Waals surface area contributed by atoms with Crippen LogP contribution in [0.15, 0.2) is 18.2 Å². The Morgan fingerprint density at radius 3 is 2.82 bits per heavy atom. The van der Waals surface area contributed by atoms with Gasteiger partial charge in [0.05, 0.1) is 16.6 Å². The number of nitro benzene ring substituents is 1. The minimum absolute atomic E-state index is 0.0337. The van der Waals surface area contributed by atoms with Gasteiger partial charge >= 0.3 is 0 Å². The van der Waals surface area contributed by atoms with Gasteiger partial charge in [0.25, 0.3) is 5.69 Å². The molecule has 4 nitrogen and oxygen atoms in total. The number of nitrogens with zero attached hydrogens (tertiary/aromatic N) is 2. The van der Waals surface area contributed by atoms with Crippen molar-refractivity contribution in [2.75, 3.05) is 0 Å². The molecular weight excluding hydrogens is 240 g/mol. The Morgan fingerprint density at radius 2 is 2.29 bits per heavy atom. The molecular formula is C12H13ClN2O2. The maximum Gasteiger partial charge on any atom is 0.270 e. The number of rotatable bonds is 5. The second kappa shape index (κ2) is 6.21. The van der Waals surface area contributed by atoms with Crippen molar-refractivity contribution < 1.29 is 4.92 Å². The Balaban J connectivity index is 2.94. The molecule has 1 atom stereocenters.